The summed E-state index contributed by atoms with van der Waals surface area (Å²) in [6, 6.07) is 0. The second kappa shape index (κ2) is 5.64. The fraction of sp³-hybridized carbons (Fsp3) is 0.722. The number of ketones is 1. The zero-order valence-electron chi connectivity index (χ0n) is 15.1. The van der Waals surface area contributed by atoms with Crippen molar-refractivity contribution in [3.8, 4) is 0 Å². The zero-order chi connectivity index (χ0) is 17.7. The molecule has 0 amide bonds. The molecule has 2 rings (SSSR count). The summed E-state index contributed by atoms with van der Waals surface area (Å²) >= 11 is 0. The Kier molecular flexibility index (Phi) is 4.41. The Morgan fingerprint density at radius 3 is 2.09 bits per heavy atom. The van der Waals surface area contributed by atoms with Crippen molar-refractivity contribution in [2.45, 2.75) is 65.0 Å². The molecule has 1 fully saturated rings. The average Bonchev–Trinajstić information content (AvgIpc) is 2.72. The van der Waals surface area contributed by atoms with Gasteiger partial charge in [-0.15, -0.1) is 0 Å². The second-order valence-electron chi connectivity index (χ2n) is 7.07. The summed E-state index contributed by atoms with van der Waals surface area (Å²) < 4.78 is 17.2. The number of methoxy groups -OCH3 is 1. The van der Waals surface area contributed by atoms with E-state index >= 15 is 0 Å². The Morgan fingerprint density at radius 1 is 1.13 bits per heavy atom. The third-order valence-corrected chi connectivity index (χ3v) is 5.04. The van der Waals surface area contributed by atoms with Crippen molar-refractivity contribution in [2.24, 2.45) is 11.8 Å². The number of hydrogen-bond donors (Lipinski definition) is 1. The molecule has 0 saturated heterocycles. The largest absolute Gasteiger partial charge is 0.488 e. The molecular weight excluding hydrogens is 296 g/mol. The van der Waals surface area contributed by atoms with Crippen molar-refractivity contribution < 1.29 is 24.1 Å². The topological polar surface area (TPSA) is 65.0 Å². The molecule has 5 heteroatoms. The summed E-state index contributed by atoms with van der Waals surface area (Å²) in [5, 5.41) is 11.6. The third kappa shape index (κ3) is 2.09. The molecule has 130 valence electrons. The van der Waals surface area contributed by atoms with Crippen LogP contribution in [0.2, 0.25) is 0 Å². The maximum atomic E-state index is 13.2. The van der Waals surface area contributed by atoms with Crippen LogP contribution < -0.4 is 0 Å². The van der Waals surface area contributed by atoms with Gasteiger partial charge in [0.25, 0.3) is 0 Å². The Bertz CT molecular complexity index is 562. The van der Waals surface area contributed by atoms with Gasteiger partial charge in [-0.1, -0.05) is 20.4 Å². The summed E-state index contributed by atoms with van der Waals surface area (Å²) in [4.78, 5) is 13.2. The van der Waals surface area contributed by atoms with E-state index < -0.39 is 17.0 Å². The molecule has 0 radical (unpaired) electrons. The number of rotatable bonds is 5. The van der Waals surface area contributed by atoms with Gasteiger partial charge in [-0.3, -0.25) is 4.79 Å². The van der Waals surface area contributed by atoms with Crippen LogP contribution in [0.3, 0.4) is 0 Å². The molecule has 2 aliphatic rings. The Balaban J connectivity index is 2.72. The van der Waals surface area contributed by atoms with Gasteiger partial charge in [-0.25, -0.2) is 0 Å². The van der Waals surface area contributed by atoms with Gasteiger partial charge < -0.3 is 19.3 Å². The highest BCUT2D eigenvalue weighted by atomic mass is 16.6. The summed E-state index contributed by atoms with van der Waals surface area (Å²) in [5.41, 5.74) is -2.59. The highest BCUT2D eigenvalue weighted by Gasteiger charge is 2.76. The first kappa shape index (κ1) is 18.0. The fourth-order valence-corrected chi connectivity index (χ4v) is 3.77. The van der Waals surface area contributed by atoms with Crippen molar-refractivity contribution in [1.29, 1.82) is 0 Å². The molecule has 0 bridgehead atoms. The van der Waals surface area contributed by atoms with Crippen LogP contribution in [0.5, 0.6) is 0 Å². The smallest absolute Gasteiger partial charge is 0.240 e. The van der Waals surface area contributed by atoms with E-state index in [1.807, 2.05) is 41.5 Å². The van der Waals surface area contributed by atoms with E-state index in [1.54, 1.807) is 0 Å². The molecule has 0 aromatic rings. The Hall–Kier alpha value is -1.33. The van der Waals surface area contributed by atoms with E-state index in [-0.39, 0.29) is 35.6 Å². The van der Waals surface area contributed by atoms with Crippen LogP contribution in [0.1, 0.15) is 41.5 Å². The van der Waals surface area contributed by atoms with Gasteiger partial charge in [0.05, 0.1) is 12.2 Å². The minimum Gasteiger partial charge on any atom is -0.488 e. The van der Waals surface area contributed by atoms with E-state index in [0.717, 1.165) is 0 Å². The van der Waals surface area contributed by atoms with Crippen LogP contribution in [0.15, 0.2) is 23.7 Å². The van der Waals surface area contributed by atoms with Crippen LogP contribution in [-0.2, 0) is 19.0 Å². The van der Waals surface area contributed by atoms with Crippen molar-refractivity contribution >= 4 is 5.78 Å². The second-order valence-corrected chi connectivity index (χ2v) is 7.07. The Morgan fingerprint density at radius 2 is 1.65 bits per heavy atom. The summed E-state index contributed by atoms with van der Waals surface area (Å²) in [7, 11) is 1.42. The lowest BCUT2D eigenvalue weighted by atomic mass is 9.81. The molecule has 0 spiro atoms. The number of carbonyl (C=O) groups is 1. The van der Waals surface area contributed by atoms with Gasteiger partial charge in [0, 0.05) is 13.0 Å². The summed E-state index contributed by atoms with van der Waals surface area (Å²) in [5.74, 6) is -0.562. The first-order valence-corrected chi connectivity index (χ1v) is 8.15. The lowest BCUT2D eigenvalue weighted by Gasteiger charge is -2.37. The summed E-state index contributed by atoms with van der Waals surface area (Å²) in [6.07, 6.45) is -0.436. The van der Waals surface area contributed by atoms with Gasteiger partial charge >= 0.3 is 0 Å². The number of carbonyl (C=O) groups excluding carboxylic acids is 1. The van der Waals surface area contributed by atoms with E-state index in [4.69, 9.17) is 14.2 Å². The third-order valence-electron chi connectivity index (χ3n) is 5.04. The predicted molar refractivity (Wildman–Crippen MR) is 86.6 cm³/mol. The molecule has 0 heterocycles. The highest BCUT2D eigenvalue weighted by Crippen LogP contribution is 2.61. The molecule has 1 N–H and O–H groups in total. The number of aliphatic hydroxyl groups is 1. The van der Waals surface area contributed by atoms with Gasteiger partial charge in [0.1, 0.15) is 0 Å². The number of ether oxygens (including phenoxy) is 3. The SMILES string of the molecule is C=C1C(C)C(C)[C@]2(O)C(OC(C)C)=C(OC(C)C)C(=O)[C@]12OC. The number of Topliss-reactive ketones (excluding diaryl/α,β-unsaturated/α-hetero) is 1. The van der Waals surface area contributed by atoms with E-state index in [9.17, 15) is 9.90 Å². The minimum absolute atomic E-state index is 0.0537. The van der Waals surface area contributed by atoms with Gasteiger partial charge in [-0.05, 0) is 39.2 Å². The van der Waals surface area contributed by atoms with E-state index in [1.165, 1.54) is 7.11 Å². The molecule has 23 heavy (non-hydrogen) atoms. The number of hydrogen-bond acceptors (Lipinski definition) is 5. The Labute approximate surface area is 138 Å². The maximum Gasteiger partial charge on any atom is 0.240 e. The van der Waals surface area contributed by atoms with Crippen molar-refractivity contribution in [3.63, 3.8) is 0 Å². The molecule has 2 unspecified atom stereocenters. The molecule has 2 aliphatic carbocycles. The molecular formula is C18H28O5. The van der Waals surface area contributed by atoms with Crippen LogP contribution >= 0.6 is 0 Å². The van der Waals surface area contributed by atoms with Crippen molar-refractivity contribution in [2.75, 3.05) is 7.11 Å². The maximum absolute atomic E-state index is 13.2. The van der Waals surface area contributed by atoms with E-state index in [0.29, 0.717) is 5.57 Å². The summed E-state index contributed by atoms with van der Waals surface area (Å²) in [6.45, 7) is 15.2. The monoisotopic (exact) mass is 324 g/mol. The average molecular weight is 324 g/mol. The predicted octanol–water partition coefficient (Wildman–Crippen LogP) is 2.59. The first-order chi connectivity index (χ1) is 10.6. The molecule has 5 nitrogen and oxygen atoms in total. The van der Waals surface area contributed by atoms with Crippen LogP contribution in [0, 0.1) is 11.8 Å². The quantitative estimate of drug-likeness (QED) is 0.788. The van der Waals surface area contributed by atoms with Gasteiger partial charge in [0.15, 0.2) is 17.0 Å². The molecule has 0 aromatic heterocycles. The van der Waals surface area contributed by atoms with Gasteiger partial charge in [0.2, 0.25) is 11.5 Å². The van der Waals surface area contributed by atoms with E-state index in [2.05, 4.69) is 6.58 Å². The lowest BCUT2D eigenvalue weighted by Crippen LogP contribution is -2.57. The molecule has 1 saturated carbocycles. The van der Waals surface area contributed by atoms with Crippen LogP contribution in [0.25, 0.3) is 0 Å². The van der Waals surface area contributed by atoms with Crippen LogP contribution in [0.4, 0.5) is 0 Å². The normalized spacial score (nSPS) is 37.1. The molecule has 0 aliphatic heterocycles. The van der Waals surface area contributed by atoms with Gasteiger partial charge in [-0.2, -0.15) is 0 Å². The lowest BCUT2D eigenvalue weighted by molar-refractivity contribution is -0.162. The molecule has 4 atom stereocenters. The first-order valence-electron chi connectivity index (χ1n) is 8.15. The number of fused-ring (bicyclic) bond motifs is 1. The standard InChI is InChI=1S/C18H28O5/c1-9(2)22-14-15(19)18(21-8)13(7)11(5)12(6)17(18,20)16(14)23-10(3)4/h9-12,20H,7H2,1-6,8H3/t11?,12?,17-,18+/m0/s1. The molecule has 0 aromatic carbocycles. The zero-order valence-corrected chi connectivity index (χ0v) is 15.1. The minimum atomic E-state index is -1.61. The van der Waals surface area contributed by atoms with Crippen molar-refractivity contribution in [1.82, 2.24) is 0 Å². The highest BCUT2D eigenvalue weighted by molar-refractivity contribution is 6.09. The van der Waals surface area contributed by atoms with Crippen LogP contribution in [-0.4, -0.2) is 41.4 Å². The van der Waals surface area contributed by atoms with Crippen molar-refractivity contribution in [3.05, 3.63) is 23.7 Å². The fourth-order valence-electron chi connectivity index (χ4n) is 3.77.